The second-order valence-corrected chi connectivity index (χ2v) is 4.59. The molecule has 0 saturated carbocycles. The van der Waals surface area contributed by atoms with Gasteiger partial charge in [0.25, 0.3) is 11.4 Å². The molecule has 0 aromatic heterocycles. The molecule has 20 heavy (non-hydrogen) atoms. The van der Waals surface area contributed by atoms with Crippen LogP contribution >= 0.6 is 0 Å². The molecule has 0 radical (unpaired) electrons. The van der Waals surface area contributed by atoms with Crippen LogP contribution < -0.4 is 5.32 Å². The zero-order valence-corrected chi connectivity index (χ0v) is 10.8. The van der Waals surface area contributed by atoms with Crippen molar-refractivity contribution in [2.24, 2.45) is 0 Å². The number of nitrogens with zero attached hydrogens (tertiary/aromatic N) is 2. The third-order valence-electron chi connectivity index (χ3n) is 3.28. The minimum atomic E-state index is -0.636. The molecule has 108 valence electrons. The van der Waals surface area contributed by atoms with Crippen molar-refractivity contribution in [3.05, 3.63) is 44.0 Å². The first-order chi connectivity index (χ1) is 9.58. The van der Waals surface area contributed by atoms with Crippen LogP contribution in [0.5, 0.6) is 0 Å². The van der Waals surface area contributed by atoms with Crippen molar-refractivity contribution in [3.8, 4) is 0 Å². The van der Waals surface area contributed by atoms with Crippen molar-refractivity contribution in [1.29, 1.82) is 0 Å². The van der Waals surface area contributed by atoms with E-state index in [4.69, 9.17) is 4.74 Å². The fourth-order valence-electron chi connectivity index (χ4n) is 2.14. The molecule has 1 aromatic rings. The van der Waals surface area contributed by atoms with Crippen LogP contribution in [0.1, 0.15) is 18.4 Å². The lowest BCUT2D eigenvalue weighted by Crippen LogP contribution is -2.34. The second kappa shape index (κ2) is 6.40. The third-order valence-corrected chi connectivity index (χ3v) is 3.28. The largest absolute Gasteiger partial charge is 0.381 e. The molecule has 1 aliphatic rings. The van der Waals surface area contributed by atoms with Gasteiger partial charge < -0.3 is 10.1 Å². The highest BCUT2D eigenvalue weighted by molar-refractivity contribution is 5.49. The number of hydrogen-bond acceptors (Lipinski definition) is 6. The Balaban J connectivity index is 2.09. The summed E-state index contributed by atoms with van der Waals surface area (Å²) < 4.78 is 5.23. The molecule has 1 heterocycles. The predicted molar refractivity (Wildman–Crippen MR) is 70.4 cm³/mol. The Hall–Kier alpha value is -2.06. The van der Waals surface area contributed by atoms with Crippen LogP contribution in [-0.2, 0) is 11.3 Å². The van der Waals surface area contributed by atoms with Crippen LogP contribution in [0.4, 0.5) is 11.4 Å². The van der Waals surface area contributed by atoms with Gasteiger partial charge in [0.05, 0.1) is 15.9 Å². The van der Waals surface area contributed by atoms with Gasteiger partial charge in [0.1, 0.15) is 0 Å². The average Bonchev–Trinajstić information content (AvgIpc) is 2.45. The normalized spacial score (nSPS) is 16.0. The maximum Gasteiger partial charge on any atom is 0.280 e. The number of nitro groups is 2. The molecule has 8 nitrogen and oxygen atoms in total. The lowest BCUT2D eigenvalue weighted by atomic mass is 10.1. The van der Waals surface area contributed by atoms with E-state index >= 15 is 0 Å². The van der Waals surface area contributed by atoms with Gasteiger partial charge in [-0.05, 0) is 18.9 Å². The maximum absolute atomic E-state index is 11.0. The Morgan fingerprint density at radius 1 is 1.20 bits per heavy atom. The van der Waals surface area contributed by atoms with E-state index in [1.807, 2.05) is 0 Å². The Kier molecular flexibility index (Phi) is 4.59. The van der Waals surface area contributed by atoms with Gasteiger partial charge >= 0.3 is 0 Å². The van der Waals surface area contributed by atoms with E-state index in [9.17, 15) is 20.2 Å². The van der Waals surface area contributed by atoms with Crippen LogP contribution in [0.25, 0.3) is 0 Å². The number of rotatable bonds is 5. The van der Waals surface area contributed by atoms with Crippen molar-refractivity contribution in [2.45, 2.75) is 25.4 Å². The summed E-state index contributed by atoms with van der Waals surface area (Å²) in [6.45, 7) is 1.68. The summed E-state index contributed by atoms with van der Waals surface area (Å²) in [5, 5.41) is 24.9. The molecule has 0 spiro atoms. The number of nitro benzene ring substituents is 2. The molecule has 8 heteroatoms. The highest BCUT2D eigenvalue weighted by atomic mass is 16.6. The third kappa shape index (κ3) is 3.49. The number of nitrogens with one attached hydrogen (secondary N) is 1. The fraction of sp³-hybridized carbons (Fsp3) is 0.500. The topological polar surface area (TPSA) is 108 Å². The summed E-state index contributed by atoms with van der Waals surface area (Å²) in [6.07, 6.45) is 1.72. The van der Waals surface area contributed by atoms with Gasteiger partial charge in [-0.15, -0.1) is 0 Å². The number of non-ortho nitro benzene ring substituents is 1. The van der Waals surface area contributed by atoms with Crippen molar-refractivity contribution in [2.75, 3.05) is 13.2 Å². The Morgan fingerprint density at radius 2 is 1.90 bits per heavy atom. The minimum Gasteiger partial charge on any atom is -0.381 e. The molecule has 0 bridgehead atoms. The SMILES string of the molecule is O=[N+]([O-])c1ccc(CNC2CCOCC2)c([N+](=O)[O-])c1. The molecule has 2 rings (SSSR count). The van der Waals surface area contributed by atoms with Crippen molar-refractivity contribution in [1.82, 2.24) is 5.32 Å². The van der Waals surface area contributed by atoms with E-state index in [-0.39, 0.29) is 17.4 Å². The molecule has 0 atom stereocenters. The Morgan fingerprint density at radius 3 is 2.50 bits per heavy atom. The van der Waals surface area contributed by atoms with Gasteiger partial charge in [-0.1, -0.05) is 0 Å². The van der Waals surface area contributed by atoms with Crippen LogP contribution in [0.3, 0.4) is 0 Å². The first kappa shape index (κ1) is 14.4. The van der Waals surface area contributed by atoms with Gasteiger partial charge in [0.15, 0.2) is 0 Å². The van der Waals surface area contributed by atoms with Crippen LogP contribution in [0.2, 0.25) is 0 Å². The van der Waals surface area contributed by atoms with Gasteiger partial charge in [-0.3, -0.25) is 20.2 Å². The Labute approximate surface area is 115 Å². The van der Waals surface area contributed by atoms with Crippen molar-refractivity contribution < 1.29 is 14.6 Å². The van der Waals surface area contributed by atoms with Gasteiger partial charge in [0.2, 0.25) is 0 Å². The zero-order valence-electron chi connectivity index (χ0n) is 10.8. The van der Waals surface area contributed by atoms with E-state index in [1.54, 1.807) is 0 Å². The molecule has 0 unspecified atom stereocenters. The summed E-state index contributed by atoms with van der Waals surface area (Å²) in [6, 6.07) is 3.98. The maximum atomic E-state index is 11.0. The zero-order chi connectivity index (χ0) is 14.5. The van der Waals surface area contributed by atoms with Gasteiger partial charge in [-0.25, -0.2) is 0 Å². The summed E-state index contributed by atoms with van der Waals surface area (Å²) in [5.74, 6) is 0. The lowest BCUT2D eigenvalue weighted by Gasteiger charge is -2.23. The van der Waals surface area contributed by atoms with Crippen LogP contribution in [0, 0.1) is 20.2 Å². The number of benzene rings is 1. The molecule has 1 fully saturated rings. The van der Waals surface area contributed by atoms with Gasteiger partial charge in [-0.2, -0.15) is 0 Å². The van der Waals surface area contributed by atoms with Crippen molar-refractivity contribution >= 4 is 11.4 Å². The lowest BCUT2D eigenvalue weighted by molar-refractivity contribution is -0.394. The van der Waals surface area contributed by atoms with E-state index < -0.39 is 9.85 Å². The first-order valence-corrected chi connectivity index (χ1v) is 6.31. The monoisotopic (exact) mass is 281 g/mol. The second-order valence-electron chi connectivity index (χ2n) is 4.59. The highest BCUT2D eigenvalue weighted by Gasteiger charge is 2.20. The molecule has 0 amide bonds. The fourth-order valence-corrected chi connectivity index (χ4v) is 2.14. The van der Waals surface area contributed by atoms with E-state index in [0.29, 0.717) is 25.3 Å². The average molecular weight is 281 g/mol. The molecular formula is C12H15N3O5. The Bertz CT molecular complexity index is 514. The van der Waals surface area contributed by atoms with Crippen molar-refractivity contribution in [3.63, 3.8) is 0 Å². The molecule has 1 aromatic carbocycles. The smallest absolute Gasteiger partial charge is 0.280 e. The molecule has 1 aliphatic heterocycles. The molecule has 1 saturated heterocycles. The number of hydrogen-bond donors (Lipinski definition) is 1. The summed E-state index contributed by atoms with van der Waals surface area (Å²) in [4.78, 5) is 20.4. The highest BCUT2D eigenvalue weighted by Crippen LogP contribution is 2.24. The summed E-state index contributed by atoms with van der Waals surface area (Å²) in [7, 11) is 0. The quantitative estimate of drug-likeness (QED) is 0.651. The molecular weight excluding hydrogens is 266 g/mol. The van der Waals surface area contributed by atoms with E-state index in [0.717, 1.165) is 18.9 Å². The summed E-state index contributed by atoms with van der Waals surface area (Å²) >= 11 is 0. The van der Waals surface area contributed by atoms with E-state index in [2.05, 4.69) is 5.32 Å². The molecule has 0 aliphatic carbocycles. The predicted octanol–water partition coefficient (Wildman–Crippen LogP) is 1.77. The van der Waals surface area contributed by atoms with Crippen LogP contribution in [-0.4, -0.2) is 29.1 Å². The standard InChI is InChI=1S/C12H15N3O5/c16-14(17)11-2-1-9(12(7-11)15(18)19)8-13-10-3-5-20-6-4-10/h1-2,7,10,13H,3-6,8H2. The first-order valence-electron chi connectivity index (χ1n) is 6.31. The summed E-state index contributed by atoms with van der Waals surface area (Å²) in [5.41, 5.74) is -0.0441. The van der Waals surface area contributed by atoms with E-state index in [1.165, 1.54) is 12.1 Å². The van der Waals surface area contributed by atoms with Gasteiger partial charge in [0, 0.05) is 37.4 Å². The van der Waals surface area contributed by atoms with Crippen LogP contribution in [0.15, 0.2) is 18.2 Å². The number of ether oxygens (including phenoxy) is 1. The minimum absolute atomic E-state index is 0.223. The molecule has 1 N–H and O–H groups in total.